The molecule has 2 nitrogen and oxygen atoms in total. The molecular formula is C14H21NOS. The summed E-state index contributed by atoms with van der Waals surface area (Å²) in [4.78, 5) is 0. The van der Waals surface area contributed by atoms with Crippen molar-refractivity contribution in [3.05, 3.63) is 42.5 Å². The zero-order valence-corrected chi connectivity index (χ0v) is 11.4. The molecule has 1 atom stereocenters. The van der Waals surface area contributed by atoms with Gasteiger partial charge in [0.1, 0.15) is 5.75 Å². The van der Waals surface area contributed by atoms with E-state index in [1.807, 2.05) is 36.0 Å². The number of hydrogen-bond donors (Lipinski definition) is 1. The van der Waals surface area contributed by atoms with Gasteiger partial charge in [0.15, 0.2) is 0 Å². The smallest absolute Gasteiger partial charge is 0.123 e. The SMILES string of the molecule is C=CCSCCNC(C)c1ccccc1OC. The second-order valence-corrected chi connectivity index (χ2v) is 4.93. The molecule has 3 heteroatoms. The maximum Gasteiger partial charge on any atom is 0.123 e. The number of benzene rings is 1. The Bertz CT molecular complexity index is 341. The van der Waals surface area contributed by atoms with Gasteiger partial charge >= 0.3 is 0 Å². The Hall–Kier alpha value is -0.930. The number of rotatable bonds is 8. The van der Waals surface area contributed by atoms with Crippen LogP contribution in [0.25, 0.3) is 0 Å². The van der Waals surface area contributed by atoms with E-state index >= 15 is 0 Å². The Morgan fingerprint density at radius 3 is 2.94 bits per heavy atom. The highest BCUT2D eigenvalue weighted by molar-refractivity contribution is 7.99. The van der Waals surface area contributed by atoms with Gasteiger partial charge in [-0.05, 0) is 13.0 Å². The lowest BCUT2D eigenvalue weighted by Gasteiger charge is -2.16. The first kappa shape index (κ1) is 14.1. The molecule has 0 radical (unpaired) electrons. The normalized spacial score (nSPS) is 12.1. The molecule has 1 rings (SSSR count). The van der Waals surface area contributed by atoms with Gasteiger partial charge in [-0.2, -0.15) is 11.8 Å². The van der Waals surface area contributed by atoms with Gasteiger partial charge in [-0.1, -0.05) is 24.3 Å². The number of ether oxygens (including phenoxy) is 1. The summed E-state index contributed by atoms with van der Waals surface area (Å²) in [5.41, 5.74) is 1.21. The highest BCUT2D eigenvalue weighted by atomic mass is 32.2. The quantitative estimate of drug-likeness (QED) is 0.566. The molecule has 1 unspecified atom stereocenters. The van der Waals surface area contributed by atoms with Crippen molar-refractivity contribution in [3.63, 3.8) is 0 Å². The molecule has 1 aromatic carbocycles. The Morgan fingerprint density at radius 1 is 1.47 bits per heavy atom. The van der Waals surface area contributed by atoms with E-state index in [1.165, 1.54) is 5.56 Å². The number of para-hydroxylation sites is 1. The van der Waals surface area contributed by atoms with E-state index in [9.17, 15) is 0 Å². The van der Waals surface area contributed by atoms with Crippen LogP contribution in [0.4, 0.5) is 0 Å². The predicted octanol–water partition coefficient (Wildman–Crippen LogP) is 3.27. The minimum atomic E-state index is 0.315. The maximum atomic E-state index is 5.35. The summed E-state index contributed by atoms with van der Waals surface area (Å²) in [6.07, 6.45) is 1.94. The lowest BCUT2D eigenvalue weighted by Crippen LogP contribution is -2.21. The van der Waals surface area contributed by atoms with E-state index in [2.05, 4.69) is 24.9 Å². The summed E-state index contributed by atoms with van der Waals surface area (Å²) >= 11 is 1.89. The lowest BCUT2D eigenvalue weighted by atomic mass is 10.1. The van der Waals surface area contributed by atoms with Crippen LogP contribution >= 0.6 is 11.8 Å². The summed E-state index contributed by atoms with van der Waals surface area (Å²) in [6.45, 7) is 6.87. The summed E-state index contributed by atoms with van der Waals surface area (Å²) in [5.74, 6) is 3.07. The van der Waals surface area contributed by atoms with Gasteiger partial charge < -0.3 is 10.1 Å². The molecular weight excluding hydrogens is 230 g/mol. The Kier molecular flexibility index (Phi) is 6.82. The Labute approximate surface area is 108 Å². The third-order valence-electron chi connectivity index (χ3n) is 2.54. The maximum absolute atomic E-state index is 5.35. The average Bonchev–Trinajstić information content (AvgIpc) is 2.38. The van der Waals surface area contributed by atoms with Crippen LogP contribution in [-0.2, 0) is 0 Å². The summed E-state index contributed by atoms with van der Waals surface area (Å²) < 4.78 is 5.35. The highest BCUT2D eigenvalue weighted by Gasteiger charge is 2.09. The van der Waals surface area contributed by atoms with Crippen molar-refractivity contribution in [2.45, 2.75) is 13.0 Å². The third-order valence-corrected chi connectivity index (χ3v) is 3.50. The molecule has 0 spiro atoms. The largest absolute Gasteiger partial charge is 0.496 e. The molecule has 1 aromatic rings. The Balaban J connectivity index is 2.40. The van der Waals surface area contributed by atoms with Gasteiger partial charge in [0, 0.05) is 29.7 Å². The lowest BCUT2D eigenvalue weighted by molar-refractivity contribution is 0.402. The van der Waals surface area contributed by atoms with E-state index in [4.69, 9.17) is 4.74 Å². The molecule has 94 valence electrons. The third kappa shape index (κ3) is 4.84. The van der Waals surface area contributed by atoms with Crippen molar-refractivity contribution < 1.29 is 4.74 Å². The molecule has 0 aromatic heterocycles. The van der Waals surface area contributed by atoms with Gasteiger partial charge in [-0.3, -0.25) is 0 Å². The van der Waals surface area contributed by atoms with Crippen molar-refractivity contribution in [3.8, 4) is 5.75 Å². The van der Waals surface area contributed by atoms with Crippen LogP contribution < -0.4 is 10.1 Å². The summed E-state index contributed by atoms with van der Waals surface area (Å²) in [6, 6.07) is 8.46. The minimum absolute atomic E-state index is 0.315. The second kappa shape index (κ2) is 8.20. The van der Waals surface area contributed by atoms with Crippen LogP contribution in [0.1, 0.15) is 18.5 Å². The highest BCUT2D eigenvalue weighted by Crippen LogP contribution is 2.24. The van der Waals surface area contributed by atoms with E-state index in [0.717, 1.165) is 23.8 Å². The van der Waals surface area contributed by atoms with Gasteiger partial charge in [-0.25, -0.2) is 0 Å². The monoisotopic (exact) mass is 251 g/mol. The minimum Gasteiger partial charge on any atom is -0.496 e. The molecule has 0 aliphatic rings. The second-order valence-electron chi connectivity index (χ2n) is 3.78. The molecule has 0 saturated carbocycles. The average molecular weight is 251 g/mol. The van der Waals surface area contributed by atoms with E-state index in [0.29, 0.717) is 6.04 Å². The fourth-order valence-electron chi connectivity index (χ4n) is 1.65. The van der Waals surface area contributed by atoms with E-state index in [-0.39, 0.29) is 0 Å². The topological polar surface area (TPSA) is 21.3 Å². The van der Waals surface area contributed by atoms with Gasteiger partial charge in [0.2, 0.25) is 0 Å². The first-order valence-corrected chi connectivity index (χ1v) is 7.00. The standard InChI is InChI=1S/C14H21NOS/c1-4-10-17-11-9-15-12(2)13-7-5-6-8-14(13)16-3/h4-8,12,15H,1,9-11H2,2-3H3. The predicted molar refractivity (Wildman–Crippen MR) is 76.9 cm³/mol. The number of nitrogens with one attached hydrogen (secondary N) is 1. The zero-order chi connectivity index (χ0) is 12.5. The summed E-state index contributed by atoms with van der Waals surface area (Å²) in [5, 5.41) is 3.50. The fraction of sp³-hybridized carbons (Fsp3) is 0.429. The van der Waals surface area contributed by atoms with Gasteiger partial charge in [0.05, 0.1) is 7.11 Å². The van der Waals surface area contributed by atoms with Crippen molar-refractivity contribution >= 4 is 11.8 Å². The number of methoxy groups -OCH3 is 1. The van der Waals surface area contributed by atoms with Gasteiger partial charge in [0.25, 0.3) is 0 Å². The first-order chi connectivity index (χ1) is 8.29. The van der Waals surface area contributed by atoms with E-state index < -0.39 is 0 Å². The molecule has 0 amide bonds. The fourth-order valence-corrected chi connectivity index (χ4v) is 2.24. The molecule has 1 N–H and O–H groups in total. The first-order valence-electron chi connectivity index (χ1n) is 5.84. The van der Waals surface area contributed by atoms with Crippen LogP contribution in [0.5, 0.6) is 5.75 Å². The number of hydrogen-bond acceptors (Lipinski definition) is 3. The molecule has 0 heterocycles. The van der Waals surface area contributed by atoms with Crippen LogP contribution in [0.2, 0.25) is 0 Å². The van der Waals surface area contributed by atoms with Gasteiger partial charge in [-0.15, -0.1) is 6.58 Å². The summed E-state index contributed by atoms with van der Waals surface area (Å²) in [7, 11) is 1.71. The molecule has 0 aliphatic heterocycles. The number of thioether (sulfide) groups is 1. The van der Waals surface area contributed by atoms with Crippen molar-refractivity contribution in [1.29, 1.82) is 0 Å². The Morgan fingerprint density at radius 2 is 2.24 bits per heavy atom. The van der Waals surface area contributed by atoms with Crippen LogP contribution in [0.3, 0.4) is 0 Å². The van der Waals surface area contributed by atoms with Crippen molar-refractivity contribution in [2.24, 2.45) is 0 Å². The van der Waals surface area contributed by atoms with Crippen molar-refractivity contribution in [1.82, 2.24) is 5.32 Å². The molecule has 17 heavy (non-hydrogen) atoms. The van der Waals surface area contributed by atoms with E-state index in [1.54, 1.807) is 7.11 Å². The molecule has 0 aliphatic carbocycles. The zero-order valence-electron chi connectivity index (χ0n) is 10.6. The van der Waals surface area contributed by atoms with Crippen LogP contribution in [-0.4, -0.2) is 25.2 Å². The van der Waals surface area contributed by atoms with Crippen LogP contribution in [0.15, 0.2) is 36.9 Å². The molecule has 0 saturated heterocycles. The molecule has 0 bridgehead atoms. The van der Waals surface area contributed by atoms with Crippen LogP contribution in [0, 0.1) is 0 Å². The molecule has 0 fully saturated rings. The van der Waals surface area contributed by atoms with Crippen molar-refractivity contribution in [2.75, 3.05) is 25.2 Å².